The molecule has 102 valence electrons. The predicted octanol–water partition coefficient (Wildman–Crippen LogP) is 4.72. The van der Waals surface area contributed by atoms with E-state index in [1.54, 1.807) is 12.1 Å². The van der Waals surface area contributed by atoms with E-state index in [4.69, 9.17) is 8.83 Å². The van der Waals surface area contributed by atoms with E-state index in [1.807, 2.05) is 49.4 Å². The van der Waals surface area contributed by atoms with Crippen LogP contribution in [0.5, 0.6) is 0 Å². The Morgan fingerprint density at radius 2 is 1.57 bits per heavy atom. The molecule has 4 aromatic rings. The summed E-state index contributed by atoms with van der Waals surface area (Å²) >= 11 is 0. The zero-order valence-corrected chi connectivity index (χ0v) is 11.4. The zero-order chi connectivity index (χ0) is 14.4. The molecule has 0 N–H and O–H groups in total. The Hall–Kier alpha value is -2.81. The van der Waals surface area contributed by atoms with Gasteiger partial charge in [0.05, 0.1) is 0 Å². The van der Waals surface area contributed by atoms with E-state index in [-0.39, 0.29) is 5.78 Å². The minimum atomic E-state index is -0.234. The molecule has 0 fully saturated rings. The Kier molecular flexibility index (Phi) is 2.48. The number of hydrogen-bond donors (Lipinski definition) is 0. The summed E-state index contributed by atoms with van der Waals surface area (Å²) in [6.45, 7) is 1.96. The first-order chi connectivity index (χ1) is 10.2. The molecule has 3 nitrogen and oxygen atoms in total. The lowest BCUT2D eigenvalue weighted by molar-refractivity contribution is 0.0987. The maximum atomic E-state index is 12.5. The molecule has 2 aromatic heterocycles. The Morgan fingerprint density at radius 3 is 2.38 bits per heavy atom. The van der Waals surface area contributed by atoms with Crippen molar-refractivity contribution in [1.82, 2.24) is 0 Å². The van der Waals surface area contributed by atoms with Gasteiger partial charge in [0.15, 0.2) is 11.5 Å². The van der Waals surface area contributed by atoms with Crippen molar-refractivity contribution in [2.45, 2.75) is 6.92 Å². The maximum absolute atomic E-state index is 12.5. The van der Waals surface area contributed by atoms with Gasteiger partial charge in [-0.2, -0.15) is 0 Å². The first-order valence-corrected chi connectivity index (χ1v) is 6.75. The van der Waals surface area contributed by atoms with Gasteiger partial charge in [0.25, 0.3) is 5.78 Å². The van der Waals surface area contributed by atoms with E-state index in [0.29, 0.717) is 17.1 Å². The van der Waals surface area contributed by atoms with E-state index in [0.717, 1.165) is 21.9 Å². The number of rotatable bonds is 2. The number of ketones is 1. The molecular formula is C18H12O3. The van der Waals surface area contributed by atoms with Crippen LogP contribution in [0.3, 0.4) is 0 Å². The fourth-order valence-electron chi connectivity index (χ4n) is 2.54. The molecule has 0 aliphatic rings. The van der Waals surface area contributed by atoms with Gasteiger partial charge < -0.3 is 8.83 Å². The molecular weight excluding hydrogens is 264 g/mol. The van der Waals surface area contributed by atoms with E-state index in [9.17, 15) is 4.79 Å². The summed E-state index contributed by atoms with van der Waals surface area (Å²) in [7, 11) is 0. The van der Waals surface area contributed by atoms with E-state index >= 15 is 0 Å². The highest BCUT2D eigenvalue weighted by atomic mass is 16.4. The molecule has 0 saturated heterocycles. The summed E-state index contributed by atoms with van der Waals surface area (Å²) in [5.74, 6) is 0.369. The van der Waals surface area contributed by atoms with Gasteiger partial charge in [-0.1, -0.05) is 36.4 Å². The lowest BCUT2D eigenvalue weighted by Crippen LogP contribution is -1.96. The quantitative estimate of drug-likeness (QED) is 0.497. The normalized spacial score (nSPS) is 11.3. The molecule has 0 radical (unpaired) electrons. The van der Waals surface area contributed by atoms with E-state index < -0.39 is 0 Å². The van der Waals surface area contributed by atoms with Gasteiger partial charge in [0.2, 0.25) is 0 Å². The lowest BCUT2D eigenvalue weighted by Gasteiger charge is -1.93. The number of aryl methyl sites for hydroxylation is 1. The molecule has 0 aliphatic heterocycles. The standard InChI is InChI=1S/C18H12O3/c1-11-5-4-7-13-10-16(21-18(11)13)17(19)15-9-12-6-2-3-8-14(12)20-15/h2-10H,1H3. The highest BCUT2D eigenvalue weighted by molar-refractivity contribution is 6.09. The van der Waals surface area contributed by atoms with Crippen LogP contribution in [0.1, 0.15) is 21.9 Å². The molecule has 0 spiro atoms. The average molecular weight is 276 g/mol. The summed E-state index contributed by atoms with van der Waals surface area (Å²) in [6, 6.07) is 16.9. The summed E-state index contributed by atoms with van der Waals surface area (Å²) in [6.07, 6.45) is 0. The smallest absolute Gasteiger partial charge is 0.263 e. The second kappa shape index (κ2) is 4.35. The summed E-state index contributed by atoms with van der Waals surface area (Å²) in [5, 5.41) is 1.84. The number of para-hydroxylation sites is 2. The van der Waals surface area contributed by atoms with Crippen LogP contribution in [-0.2, 0) is 0 Å². The van der Waals surface area contributed by atoms with Gasteiger partial charge in [-0.3, -0.25) is 4.79 Å². The predicted molar refractivity (Wildman–Crippen MR) is 80.6 cm³/mol. The van der Waals surface area contributed by atoms with Gasteiger partial charge >= 0.3 is 0 Å². The van der Waals surface area contributed by atoms with Crippen molar-refractivity contribution >= 4 is 27.7 Å². The molecule has 2 heterocycles. The van der Waals surface area contributed by atoms with Crippen LogP contribution in [0.4, 0.5) is 0 Å². The van der Waals surface area contributed by atoms with Crippen molar-refractivity contribution in [2.24, 2.45) is 0 Å². The van der Waals surface area contributed by atoms with Crippen LogP contribution in [0.2, 0.25) is 0 Å². The molecule has 2 aromatic carbocycles. The Balaban J connectivity index is 1.83. The molecule has 21 heavy (non-hydrogen) atoms. The molecule has 0 aliphatic carbocycles. The highest BCUT2D eigenvalue weighted by Crippen LogP contribution is 2.26. The van der Waals surface area contributed by atoms with Gasteiger partial charge in [-0.25, -0.2) is 0 Å². The Morgan fingerprint density at radius 1 is 0.857 bits per heavy atom. The van der Waals surface area contributed by atoms with E-state index in [2.05, 4.69) is 0 Å². The Bertz CT molecular complexity index is 939. The molecule has 0 unspecified atom stereocenters. The van der Waals surface area contributed by atoms with Crippen LogP contribution in [0.15, 0.2) is 63.4 Å². The van der Waals surface area contributed by atoms with Crippen molar-refractivity contribution in [3.8, 4) is 0 Å². The first kappa shape index (κ1) is 12.0. The van der Waals surface area contributed by atoms with Crippen LogP contribution in [-0.4, -0.2) is 5.78 Å². The Labute approximate surface area is 120 Å². The fraction of sp³-hybridized carbons (Fsp3) is 0.0556. The minimum Gasteiger partial charge on any atom is -0.452 e. The SMILES string of the molecule is Cc1cccc2cc(C(=O)c3cc4ccccc4o3)oc12. The van der Waals surface area contributed by atoms with Gasteiger partial charge in [0, 0.05) is 10.8 Å². The molecule has 0 atom stereocenters. The zero-order valence-electron chi connectivity index (χ0n) is 11.4. The largest absolute Gasteiger partial charge is 0.452 e. The van der Waals surface area contributed by atoms with Crippen LogP contribution in [0.25, 0.3) is 21.9 Å². The number of benzene rings is 2. The summed E-state index contributed by atoms with van der Waals surface area (Å²) < 4.78 is 11.3. The highest BCUT2D eigenvalue weighted by Gasteiger charge is 2.19. The molecule has 0 saturated carbocycles. The molecule has 3 heteroatoms. The van der Waals surface area contributed by atoms with Gasteiger partial charge in [-0.15, -0.1) is 0 Å². The fourth-order valence-corrected chi connectivity index (χ4v) is 2.54. The first-order valence-electron chi connectivity index (χ1n) is 6.75. The third-order valence-corrected chi connectivity index (χ3v) is 3.61. The maximum Gasteiger partial charge on any atom is 0.263 e. The summed E-state index contributed by atoms with van der Waals surface area (Å²) in [4.78, 5) is 12.5. The average Bonchev–Trinajstić information content (AvgIpc) is 3.11. The van der Waals surface area contributed by atoms with Crippen LogP contribution < -0.4 is 0 Å². The minimum absolute atomic E-state index is 0.234. The van der Waals surface area contributed by atoms with Crippen molar-refractivity contribution in [2.75, 3.05) is 0 Å². The van der Waals surface area contributed by atoms with Crippen molar-refractivity contribution in [3.63, 3.8) is 0 Å². The number of furan rings is 2. The lowest BCUT2D eigenvalue weighted by atomic mass is 10.1. The summed E-state index contributed by atoms with van der Waals surface area (Å²) in [5.41, 5.74) is 2.46. The van der Waals surface area contributed by atoms with Crippen molar-refractivity contribution in [1.29, 1.82) is 0 Å². The van der Waals surface area contributed by atoms with Gasteiger partial charge in [-0.05, 0) is 30.7 Å². The number of fused-ring (bicyclic) bond motifs is 2. The third kappa shape index (κ3) is 1.86. The third-order valence-electron chi connectivity index (χ3n) is 3.61. The number of hydrogen-bond acceptors (Lipinski definition) is 3. The molecule has 0 amide bonds. The van der Waals surface area contributed by atoms with Crippen molar-refractivity contribution in [3.05, 3.63) is 71.7 Å². The number of carbonyl (C=O) groups is 1. The van der Waals surface area contributed by atoms with Gasteiger partial charge in [0.1, 0.15) is 11.2 Å². The van der Waals surface area contributed by atoms with Crippen molar-refractivity contribution < 1.29 is 13.6 Å². The molecule has 0 bridgehead atoms. The van der Waals surface area contributed by atoms with Crippen LogP contribution in [0, 0.1) is 6.92 Å². The number of carbonyl (C=O) groups excluding carboxylic acids is 1. The monoisotopic (exact) mass is 276 g/mol. The second-order valence-corrected chi connectivity index (χ2v) is 5.08. The molecule has 4 rings (SSSR count). The van der Waals surface area contributed by atoms with E-state index in [1.165, 1.54) is 0 Å². The topological polar surface area (TPSA) is 43.4 Å². The van der Waals surface area contributed by atoms with Crippen LogP contribution >= 0.6 is 0 Å². The second-order valence-electron chi connectivity index (χ2n) is 5.08.